The van der Waals surface area contributed by atoms with Crippen LogP contribution in [0, 0.1) is 5.82 Å². The minimum absolute atomic E-state index is 0.0954. The number of pyridine rings is 1. The first kappa shape index (κ1) is 17.7. The zero-order valence-corrected chi connectivity index (χ0v) is 16.0. The van der Waals surface area contributed by atoms with Gasteiger partial charge in [0.2, 0.25) is 0 Å². The Morgan fingerprint density at radius 3 is 2.56 bits per heavy atom. The van der Waals surface area contributed by atoms with E-state index in [1.165, 1.54) is 6.07 Å². The van der Waals surface area contributed by atoms with E-state index in [-0.39, 0.29) is 23.9 Å². The first-order valence-electron chi connectivity index (χ1n) is 9.00. The first-order valence-corrected chi connectivity index (χ1v) is 9.40. The summed E-state index contributed by atoms with van der Waals surface area (Å²) in [6.45, 7) is 4.22. The quantitative estimate of drug-likeness (QED) is 0.681. The van der Waals surface area contributed by atoms with Gasteiger partial charge in [-0.2, -0.15) is 0 Å². The van der Waals surface area contributed by atoms with Crippen LogP contribution in [0.2, 0.25) is 0 Å². The molecule has 0 saturated carbocycles. The van der Waals surface area contributed by atoms with Gasteiger partial charge < -0.3 is 14.8 Å². The molecule has 27 heavy (non-hydrogen) atoms. The highest BCUT2D eigenvalue weighted by Crippen LogP contribution is 2.40. The van der Waals surface area contributed by atoms with Crippen molar-refractivity contribution in [3.8, 4) is 5.69 Å². The summed E-state index contributed by atoms with van der Waals surface area (Å²) >= 11 is 5.63. The number of hydrogen-bond acceptors (Lipinski definition) is 2. The molecule has 2 aromatic heterocycles. The molecule has 138 valence electrons. The molecule has 0 radical (unpaired) electrons. The zero-order valence-electron chi connectivity index (χ0n) is 15.2. The monoisotopic (exact) mass is 380 g/mol. The van der Waals surface area contributed by atoms with E-state index in [4.69, 9.17) is 12.2 Å². The number of para-hydroxylation sites is 1. The molecule has 1 aliphatic rings. The maximum atomic E-state index is 14.5. The molecule has 0 unspecified atom stereocenters. The van der Waals surface area contributed by atoms with Crippen molar-refractivity contribution >= 4 is 17.3 Å². The Morgan fingerprint density at radius 2 is 1.85 bits per heavy atom. The number of nitrogens with zero attached hydrogens (tertiary/aromatic N) is 3. The molecule has 4 nitrogen and oxygen atoms in total. The van der Waals surface area contributed by atoms with Crippen LogP contribution in [-0.4, -0.2) is 25.6 Å². The normalized spacial score (nSPS) is 19.6. The summed E-state index contributed by atoms with van der Waals surface area (Å²) in [6.07, 6.45) is 3.67. The third-order valence-electron chi connectivity index (χ3n) is 4.89. The van der Waals surface area contributed by atoms with Crippen molar-refractivity contribution in [2.75, 3.05) is 0 Å². The molecule has 0 spiro atoms. The maximum absolute atomic E-state index is 14.5. The van der Waals surface area contributed by atoms with Crippen molar-refractivity contribution < 1.29 is 4.39 Å². The molecule has 1 N–H and O–H groups in total. The molecular formula is C21H21FN4S. The minimum Gasteiger partial charge on any atom is -0.352 e. The Hall–Kier alpha value is -2.73. The Kier molecular flexibility index (Phi) is 4.66. The fourth-order valence-corrected chi connectivity index (χ4v) is 4.19. The topological polar surface area (TPSA) is 33.1 Å². The van der Waals surface area contributed by atoms with Gasteiger partial charge in [0.1, 0.15) is 5.82 Å². The average molecular weight is 380 g/mol. The molecule has 1 saturated heterocycles. The lowest BCUT2D eigenvalue weighted by Crippen LogP contribution is -2.36. The van der Waals surface area contributed by atoms with E-state index in [2.05, 4.69) is 29.0 Å². The fraction of sp³-hybridized carbons (Fsp3) is 0.238. The van der Waals surface area contributed by atoms with Gasteiger partial charge in [-0.15, -0.1) is 0 Å². The summed E-state index contributed by atoms with van der Waals surface area (Å²) in [5.41, 5.74) is 2.41. The van der Waals surface area contributed by atoms with Crippen molar-refractivity contribution in [1.82, 2.24) is 19.8 Å². The van der Waals surface area contributed by atoms with Gasteiger partial charge in [0.05, 0.1) is 23.5 Å². The van der Waals surface area contributed by atoms with Crippen LogP contribution in [0.4, 0.5) is 4.39 Å². The molecule has 0 bridgehead atoms. The van der Waals surface area contributed by atoms with Crippen LogP contribution in [0.5, 0.6) is 0 Å². The van der Waals surface area contributed by atoms with Crippen LogP contribution in [0.1, 0.15) is 37.3 Å². The van der Waals surface area contributed by atoms with Crippen LogP contribution < -0.4 is 5.32 Å². The lowest BCUT2D eigenvalue weighted by Gasteiger charge is -2.31. The fourth-order valence-electron chi connectivity index (χ4n) is 3.74. The second-order valence-electron chi connectivity index (χ2n) is 6.88. The van der Waals surface area contributed by atoms with E-state index >= 15 is 0 Å². The largest absolute Gasteiger partial charge is 0.352 e. The van der Waals surface area contributed by atoms with Gasteiger partial charge in [-0.25, -0.2) is 4.39 Å². The van der Waals surface area contributed by atoms with Gasteiger partial charge in [0.25, 0.3) is 0 Å². The number of halogens is 1. The minimum atomic E-state index is -0.256. The Labute approximate surface area is 163 Å². The lowest BCUT2D eigenvalue weighted by atomic mass is 10.0. The Bertz CT molecular complexity index is 954. The highest BCUT2D eigenvalue weighted by atomic mass is 32.1. The van der Waals surface area contributed by atoms with E-state index in [0.717, 1.165) is 11.4 Å². The molecule has 2 atom stereocenters. The molecular weight excluding hydrogens is 359 g/mol. The highest BCUT2D eigenvalue weighted by Gasteiger charge is 2.42. The molecule has 1 aliphatic heterocycles. The molecule has 3 heterocycles. The van der Waals surface area contributed by atoms with Crippen LogP contribution in [0.3, 0.4) is 0 Å². The second kappa shape index (κ2) is 7.12. The van der Waals surface area contributed by atoms with E-state index in [1.54, 1.807) is 18.3 Å². The molecule has 4 rings (SSSR count). The van der Waals surface area contributed by atoms with Gasteiger partial charge in [0.15, 0.2) is 5.11 Å². The molecule has 6 heteroatoms. The van der Waals surface area contributed by atoms with Gasteiger partial charge >= 0.3 is 0 Å². The zero-order chi connectivity index (χ0) is 19.0. The standard InChI is InChI=1S/C21H21FN4S/c1-14(2)26-20(19(24-21(26)27)16-9-5-6-12-23-16)18-11-7-13-25(18)17-10-4-3-8-15(17)22/h3-14,19-20H,1-2H3,(H,24,27)/t19-,20+/m1/s1. The summed E-state index contributed by atoms with van der Waals surface area (Å²) in [5.74, 6) is -0.256. The molecule has 0 amide bonds. The third kappa shape index (κ3) is 3.10. The van der Waals surface area contributed by atoms with Crippen molar-refractivity contribution in [1.29, 1.82) is 0 Å². The molecule has 1 fully saturated rings. The van der Waals surface area contributed by atoms with Crippen molar-refractivity contribution in [2.45, 2.75) is 32.0 Å². The predicted molar refractivity (Wildman–Crippen MR) is 108 cm³/mol. The average Bonchev–Trinajstić information content (AvgIpc) is 3.26. The summed E-state index contributed by atoms with van der Waals surface area (Å²) in [6, 6.07) is 16.6. The third-order valence-corrected chi connectivity index (χ3v) is 5.22. The van der Waals surface area contributed by atoms with Crippen LogP contribution in [-0.2, 0) is 0 Å². The van der Waals surface area contributed by atoms with E-state index in [9.17, 15) is 4.39 Å². The van der Waals surface area contributed by atoms with Crippen LogP contribution in [0.15, 0.2) is 67.0 Å². The maximum Gasteiger partial charge on any atom is 0.170 e. The summed E-state index contributed by atoms with van der Waals surface area (Å²) < 4.78 is 16.4. The summed E-state index contributed by atoms with van der Waals surface area (Å²) in [4.78, 5) is 6.70. The number of aromatic nitrogens is 2. The SMILES string of the molecule is CC(C)N1C(=S)N[C@H](c2ccccn2)[C@@H]1c1cccn1-c1ccccc1F. The number of nitrogens with one attached hydrogen (secondary N) is 1. The molecule has 0 aliphatic carbocycles. The molecule has 3 aromatic rings. The summed E-state index contributed by atoms with van der Waals surface area (Å²) in [5, 5.41) is 4.11. The van der Waals surface area contributed by atoms with Crippen LogP contribution >= 0.6 is 12.2 Å². The number of hydrogen-bond donors (Lipinski definition) is 1. The van der Waals surface area contributed by atoms with Gasteiger partial charge in [0, 0.05) is 24.1 Å². The lowest BCUT2D eigenvalue weighted by molar-refractivity contribution is 0.262. The number of thiocarbonyl (C=S) groups is 1. The van der Waals surface area contributed by atoms with Crippen molar-refractivity contribution in [2.24, 2.45) is 0 Å². The predicted octanol–water partition coefficient (Wildman–Crippen LogP) is 4.39. The number of rotatable bonds is 4. The smallest absolute Gasteiger partial charge is 0.170 e. The second-order valence-corrected chi connectivity index (χ2v) is 7.27. The first-order chi connectivity index (χ1) is 13.1. The van der Waals surface area contributed by atoms with Crippen LogP contribution in [0.25, 0.3) is 5.69 Å². The van der Waals surface area contributed by atoms with Gasteiger partial charge in [-0.3, -0.25) is 4.98 Å². The van der Waals surface area contributed by atoms with Gasteiger partial charge in [-0.05, 0) is 62.5 Å². The van der Waals surface area contributed by atoms with E-state index in [1.807, 2.05) is 47.2 Å². The highest BCUT2D eigenvalue weighted by molar-refractivity contribution is 7.80. The Morgan fingerprint density at radius 1 is 1.07 bits per heavy atom. The van der Waals surface area contributed by atoms with E-state index < -0.39 is 0 Å². The summed E-state index contributed by atoms with van der Waals surface area (Å²) in [7, 11) is 0. The molecule has 1 aromatic carbocycles. The van der Waals surface area contributed by atoms with E-state index in [0.29, 0.717) is 10.8 Å². The Balaban J connectivity index is 1.86. The number of benzene rings is 1. The van der Waals surface area contributed by atoms with Gasteiger partial charge in [-0.1, -0.05) is 18.2 Å². The van der Waals surface area contributed by atoms with Crippen molar-refractivity contribution in [3.05, 3.63) is 84.2 Å². The van der Waals surface area contributed by atoms with Crippen molar-refractivity contribution in [3.63, 3.8) is 0 Å².